The fourth-order valence-electron chi connectivity index (χ4n) is 1.58. The molecular formula is C14H9BrClIO. The number of carbonyl (C=O) groups excluding carboxylic acids is 1. The molecule has 0 heterocycles. The first kappa shape index (κ1) is 14.0. The first-order chi connectivity index (χ1) is 8.56. The molecular weight excluding hydrogens is 426 g/mol. The SMILES string of the molecule is O=C(Cc1ccc(Br)cc1Cl)c1ccc(I)cc1. The number of carbonyl (C=O) groups is 1. The van der Waals surface area contributed by atoms with E-state index in [9.17, 15) is 4.79 Å². The average molecular weight is 435 g/mol. The third kappa shape index (κ3) is 3.56. The van der Waals surface area contributed by atoms with E-state index in [0.29, 0.717) is 11.4 Å². The van der Waals surface area contributed by atoms with Crippen LogP contribution in [0.5, 0.6) is 0 Å². The van der Waals surface area contributed by atoms with Gasteiger partial charge >= 0.3 is 0 Å². The smallest absolute Gasteiger partial charge is 0.167 e. The van der Waals surface area contributed by atoms with Gasteiger partial charge < -0.3 is 0 Å². The molecule has 0 aliphatic rings. The number of halogens is 3. The third-order valence-electron chi connectivity index (χ3n) is 2.53. The van der Waals surface area contributed by atoms with Gasteiger partial charge in [-0.05, 0) is 52.4 Å². The Morgan fingerprint density at radius 3 is 2.44 bits per heavy atom. The summed E-state index contributed by atoms with van der Waals surface area (Å²) in [4.78, 5) is 12.1. The van der Waals surface area contributed by atoms with Crippen LogP contribution in [-0.4, -0.2) is 5.78 Å². The summed E-state index contributed by atoms with van der Waals surface area (Å²) >= 11 is 11.7. The Kier molecular flexibility index (Phi) is 4.81. The molecule has 0 N–H and O–H groups in total. The van der Waals surface area contributed by atoms with E-state index in [-0.39, 0.29) is 5.78 Å². The Hall–Kier alpha value is -0.390. The highest BCUT2D eigenvalue weighted by molar-refractivity contribution is 14.1. The van der Waals surface area contributed by atoms with E-state index >= 15 is 0 Å². The topological polar surface area (TPSA) is 17.1 Å². The van der Waals surface area contributed by atoms with Crippen LogP contribution in [0.4, 0.5) is 0 Å². The lowest BCUT2D eigenvalue weighted by molar-refractivity contribution is 0.0993. The Balaban J connectivity index is 2.18. The molecule has 0 unspecified atom stereocenters. The Bertz CT molecular complexity index is 581. The van der Waals surface area contributed by atoms with Gasteiger partial charge in [0, 0.05) is 25.0 Å². The van der Waals surface area contributed by atoms with E-state index in [1.807, 2.05) is 36.4 Å². The van der Waals surface area contributed by atoms with E-state index in [2.05, 4.69) is 38.5 Å². The fourth-order valence-corrected chi connectivity index (χ4v) is 2.68. The quantitative estimate of drug-likeness (QED) is 0.482. The molecule has 0 radical (unpaired) electrons. The molecule has 0 saturated carbocycles. The number of rotatable bonds is 3. The zero-order valence-corrected chi connectivity index (χ0v) is 13.8. The van der Waals surface area contributed by atoms with Gasteiger partial charge in [-0.1, -0.05) is 45.7 Å². The first-order valence-electron chi connectivity index (χ1n) is 5.29. The van der Waals surface area contributed by atoms with Crippen molar-refractivity contribution in [2.24, 2.45) is 0 Å². The van der Waals surface area contributed by atoms with Gasteiger partial charge in [0.05, 0.1) is 0 Å². The van der Waals surface area contributed by atoms with Crippen LogP contribution in [0.3, 0.4) is 0 Å². The monoisotopic (exact) mass is 434 g/mol. The maximum Gasteiger partial charge on any atom is 0.167 e. The summed E-state index contributed by atoms with van der Waals surface area (Å²) < 4.78 is 2.03. The average Bonchev–Trinajstić information content (AvgIpc) is 2.33. The van der Waals surface area contributed by atoms with E-state index in [0.717, 1.165) is 19.2 Å². The molecule has 2 aromatic carbocycles. The lowest BCUT2D eigenvalue weighted by Crippen LogP contribution is -2.03. The van der Waals surface area contributed by atoms with Crippen LogP contribution in [-0.2, 0) is 6.42 Å². The third-order valence-corrected chi connectivity index (χ3v) is 4.10. The molecule has 0 aliphatic heterocycles. The van der Waals surface area contributed by atoms with Gasteiger partial charge in [0.1, 0.15) is 0 Å². The lowest BCUT2D eigenvalue weighted by Gasteiger charge is -2.04. The number of hydrogen-bond donors (Lipinski definition) is 0. The summed E-state index contributed by atoms with van der Waals surface area (Å²) in [5.74, 6) is 0.0793. The summed E-state index contributed by atoms with van der Waals surface area (Å²) in [6, 6.07) is 13.1. The van der Waals surface area contributed by atoms with E-state index in [4.69, 9.17) is 11.6 Å². The summed E-state index contributed by atoms with van der Waals surface area (Å²) in [6.07, 6.45) is 0.326. The van der Waals surface area contributed by atoms with Gasteiger partial charge in [-0.25, -0.2) is 0 Å². The second kappa shape index (κ2) is 6.17. The lowest BCUT2D eigenvalue weighted by atomic mass is 10.0. The van der Waals surface area contributed by atoms with Crippen LogP contribution < -0.4 is 0 Å². The maximum atomic E-state index is 12.1. The summed E-state index contributed by atoms with van der Waals surface area (Å²) in [5.41, 5.74) is 1.57. The van der Waals surface area contributed by atoms with Crippen molar-refractivity contribution in [1.29, 1.82) is 0 Å². The van der Waals surface area contributed by atoms with Gasteiger partial charge in [0.25, 0.3) is 0 Å². The molecule has 2 aromatic rings. The molecule has 0 saturated heterocycles. The highest BCUT2D eigenvalue weighted by atomic mass is 127. The van der Waals surface area contributed by atoms with Crippen LogP contribution in [0, 0.1) is 3.57 Å². The first-order valence-corrected chi connectivity index (χ1v) is 7.54. The molecule has 0 amide bonds. The van der Waals surface area contributed by atoms with Crippen molar-refractivity contribution in [1.82, 2.24) is 0 Å². The molecule has 0 atom stereocenters. The van der Waals surface area contributed by atoms with Crippen LogP contribution in [0.1, 0.15) is 15.9 Å². The number of Topliss-reactive ketones (excluding diaryl/α,β-unsaturated/α-hetero) is 1. The van der Waals surface area contributed by atoms with E-state index in [1.54, 1.807) is 6.07 Å². The fraction of sp³-hybridized carbons (Fsp3) is 0.0714. The van der Waals surface area contributed by atoms with E-state index in [1.165, 1.54) is 0 Å². The molecule has 92 valence electrons. The highest BCUT2D eigenvalue weighted by Gasteiger charge is 2.09. The Labute approximate surface area is 133 Å². The van der Waals surface area contributed by atoms with Gasteiger partial charge in [-0.15, -0.1) is 0 Å². The molecule has 0 spiro atoms. The predicted molar refractivity (Wildman–Crippen MR) is 86.3 cm³/mol. The number of hydrogen-bond acceptors (Lipinski definition) is 1. The van der Waals surface area contributed by atoms with Crippen molar-refractivity contribution in [3.05, 3.63) is 66.7 Å². The Morgan fingerprint density at radius 1 is 1.17 bits per heavy atom. The van der Waals surface area contributed by atoms with Crippen molar-refractivity contribution < 1.29 is 4.79 Å². The Morgan fingerprint density at radius 2 is 1.83 bits per heavy atom. The van der Waals surface area contributed by atoms with Crippen LogP contribution in [0.15, 0.2) is 46.9 Å². The van der Waals surface area contributed by atoms with Crippen molar-refractivity contribution in [3.8, 4) is 0 Å². The highest BCUT2D eigenvalue weighted by Crippen LogP contribution is 2.22. The largest absolute Gasteiger partial charge is 0.294 e. The molecule has 4 heteroatoms. The number of benzene rings is 2. The molecule has 0 aliphatic carbocycles. The molecule has 0 aromatic heterocycles. The van der Waals surface area contributed by atoms with Crippen molar-refractivity contribution in [2.75, 3.05) is 0 Å². The van der Waals surface area contributed by atoms with Crippen molar-refractivity contribution in [2.45, 2.75) is 6.42 Å². The second-order valence-corrected chi connectivity index (χ2v) is 6.41. The summed E-state index contributed by atoms with van der Waals surface area (Å²) in [5, 5.41) is 0.614. The van der Waals surface area contributed by atoms with Crippen LogP contribution >= 0.6 is 50.1 Å². The minimum absolute atomic E-state index is 0.0793. The second-order valence-electron chi connectivity index (χ2n) is 3.84. The van der Waals surface area contributed by atoms with Crippen LogP contribution in [0.2, 0.25) is 5.02 Å². The van der Waals surface area contributed by atoms with E-state index < -0.39 is 0 Å². The minimum atomic E-state index is 0.0793. The molecule has 2 rings (SSSR count). The zero-order chi connectivity index (χ0) is 13.1. The molecule has 1 nitrogen and oxygen atoms in total. The predicted octanol–water partition coefficient (Wildman–Crippen LogP) is 5.13. The van der Waals surface area contributed by atoms with Gasteiger partial charge in [-0.2, -0.15) is 0 Å². The minimum Gasteiger partial charge on any atom is -0.294 e. The zero-order valence-electron chi connectivity index (χ0n) is 9.29. The van der Waals surface area contributed by atoms with Gasteiger partial charge in [0.15, 0.2) is 5.78 Å². The summed E-state index contributed by atoms with van der Waals surface area (Å²) in [6.45, 7) is 0. The maximum absolute atomic E-state index is 12.1. The van der Waals surface area contributed by atoms with Crippen molar-refractivity contribution in [3.63, 3.8) is 0 Å². The standard InChI is InChI=1S/C14H9BrClIO/c15-11-4-1-10(13(16)8-11)7-14(18)9-2-5-12(17)6-3-9/h1-6,8H,7H2. The normalized spacial score (nSPS) is 10.4. The summed E-state index contributed by atoms with van der Waals surface area (Å²) in [7, 11) is 0. The molecule has 18 heavy (non-hydrogen) atoms. The molecule has 0 bridgehead atoms. The van der Waals surface area contributed by atoms with Crippen LogP contribution in [0.25, 0.3) is 0 Å². The molecule has 0 fully saturated rings. The van der Waals surface area contributed by atoms with Gasteiger partial charge in [-0.3, -0.25) is 4.79 Å². The number of ketones is 1. The van der Waals surface area contributed by atoms with Crippen molar-refractivity contribution >= 4 is 55.9 Å². The van der Waals surface area contributed by atoms with Gasteiger partial charge in [0.2, 0.25) is 0 Å².